The predicted molar refractivity (Wildman–Crippen MR) is 106 cm³/mol. The van der Waals surface area contributed by atoms with Gasteiger partial charge in [0.05, 0.1) is 31.2 Å². The lowest BCUT2D eigenvalue weighted by atomic mass is 10.2. The number of sulfonamides is 1. The quantitative estimate of drug-likeness (QED) is 0.755. The van der Waals surface area contributed by atoms with E-state index in [0.29, 0.717) is 17.2 Å². The molecule has 2 rings (SSSR count). The van der Waals surface area contributed by atoms with Crippen LogP contribution in [-0.2, 0) is 14.8 Å². The van der Waals surface area contributed by atoms with Crippen LogP contribution >= 0.6 is 11.6 Å². The fourth-order valence-corrected chi connectivity index (χ4v) is 3.97. The van der Waals surface area contributed by atoms with Gasteiger partial charge in [-0.15, -0.1) is 0 Å². The van der Waals surface area contributed by atoms with E-state index in [4.69, 9.17) is 21.1 Å². The monoisotopic (exact) mass is 412 g/mol. The van der Waals surface area contributed by atoms with Crippen LogP contribution in [0.1, 0.15) is 6.92 Å². The molecule has 1 N–H and O–H groups in total. The van der Waals surface area contributed by atoms with Gasteiger partial charge in [0.25, 0.3) is 0 Å². The maximum atomic E-state index is 12.7. The summed E-state index contributed by atoms with van der Waals surface area (Å²) in [5, 5.41) is 2.93. The number of carbonyl (C=O) groups excluding carboxylic acids is 1. The van der Waals surface area contributed by atoms with Crippen molar-refractivity contribution in [2.24, 2.45) is 0 Å². The molecule has 27 heavy (non-hydrogen) atoms. The Hall–Kier alpha value is -2.45. The van der Waals surface area contributed by atoms with E-state index in [1.165, 1.54) is 33.3 Å². The summed E-state index contributed by atoms with van der Waals surface area (Å²) >= 11 is 6.11. The number of amides is 1. The summed E-state index contributed by atoms with van der Waals surface area (Å²) in [5.41, 5.74) is 0.754. The van der Waals surface area contributed by atoms with Gasteiger partial charge in [-0.3, -0.25) is 9.10 Å². The van der Waals surface area contributed by atoms with Gasteiger partial charge in [-0.05, 0) is 37.3 Å². The Kier molecular flexibility index (Phi) is 6.56. The van der Waals surface area contributed by atoms with Gasteiger partial charge in [0.15, 0.2) is 0 Å². The van der Waals surface area contributed by atoms with Crippen LogP contribution in [0.15, 0.2) is 42.5 Å². The van der Waals surface area contributed by atoms with Gasteiger partial charge < -0.3 is 14.8 Å². The van der Waals surface area contributed by atoms with Gasteiger partial charge in [-0.25, -0.2) is 8.42 Å². The zero-order valence-electron chi connectivity index (χ0n) is 15.4. The van der Waals surface area contributed by atoms with Gasteiger partial charge in [0.2, 0.25) is 15.9 Å². The van der Waals surface area contributed by atoms with E-state index in [1.807, 2.05) is 0 Å². The lowest BCUT2D eigenvalue weighted by Gasteiger charge is -2.28. The first-order valence-corrected chi connectivity index (χ1v) is 10.2. The molecule has 0 aliphatic rings. The Morgan fingerprint density at radius 3 is 2.41 bits per heavy atom. The molecular formula is C18H21ClN2O5S. The second kappa shape index (κ2) is 8.49. The minimum absolute atomic E-state index is 0.240. The Balaban J connectivity index is 2.33. The summed E-state index contributed by atoms with van der Waals surface area (Å²) in [5.74, 6) is 0.477. The Bertz CT molecular complexity index is 933. The molecule has 0 aliphatic carbocycles. The first kappa shape index (κ1) is 20.9. The summed E-state index contributed by atoms with van der Waals surface area (Å²) in [6.07, 6.45) is 1.03. The van der Waals surface area contributed by atoms with Gasteiger partial charge in [0, 0.05) is 11.8 Å². The number of anilines is 2. The summed E-state index contributed by atoms with van der Waals surface area (Å²) in [6.45, 7) is 1.49. The summed E-state index contributed by atoms with van der Waals surface area (Å²) in [7, 11) is -0.781. The van der Waals surface area contributed by atoms with Crippen LogP contribution < -0.4 is 19.1 Å². The Morgan fingerprint density at radius 2 is 1.85 bits per heavy atom. The van der Waals surface area contributed by atoms with Crippen molar-refractivity contribution in [1.82, 2.24) is 0 Å². The Morgan fingerprint density at radius 1 is 1.15 bits per heavy atom. The average Bonchev–Trinajstić information content (AvgIpc) is 2.61. The highest BCUT2D eigenvalue weighted by Crippen LogP contribution is 2.31. The molecule has 1 amide bonds. The molecule has 0 saturated heterocycles. The third-order valence-corrected chi connectivity index (χ3v) is 5.35. The van der Waals surface area contributed by atoms with Crippen LogP contribution in [-0.4, -0.2) is 40.8 Å². The van der Waals surface area contributed by atoms with E-state index < -0.39 is 22.0 Å². The molecule has 2 aromatic carbocycles. The number of nitrogens with one attached hydrogen (secondary N) is 1. The zero-order valence-corrected chi connectivity index (χ0v) is 17.0. The number of methoxy groups -OCH3 is 2. The van der Waals surface area contributed by atoms with E-state index >= 15 is 0 Å². The highest BCUT2D eigenvalue weighted by Gasteiger charge is 2.29. The lowest BCUT2D eigenvalue weighted by Crippen LogP contribution is -2.45. The molecule has 0 radical (unpaired) electrons. The number of carbonyl (C=O) groups is 1. The molecule has 0 bridgehead atoms. The maximum Gasteiger partial charge on any atom is 0.247 e. The number of ether oxygens (including phenoxy) is 2. The van der Waals surface area contributed by atoms with Crippen molar-refractivity contribution in [1.29, 1.82) is 0 Å². The number of nitrogens with zero attached hydrogens (tertiary/aromatic N) is 1. The summed E-state index contributed by atoms with van der Waals surface area (Å²) in [6, 6.07) is 10.3. The zero-order chi connectivity index (χ0) is 20.2. The number of hydrogen-bond donors (Lipinski definition) is 1. The summed E-state index contributed by atoms with van der Waals surface area (Å²) < 4.78 is 35.9. The Labute approximate surface area is 163 Å². The number of benzene rings is 2. The third kappa shape index (κ3) is 5.05. The van der Waals surface area contributed by atoms with E-state index in [0.717, 1.165) is 10.6 Å². The van der Waals surface area contributed by atoms with Crippen molar-refractivity contribution in [2.75, 3.05) is 30.1 Å². The fourth-order valence-electron chi connectivity index (χ4n) is 2.55. The van der Waals surface area contributed by atoms with Gasteiger partial charge in [-0.2, -0.15) is 0 Å². The van der Waals surface area contributed by atoms with Crippen molar-refractivity contribution >= 4 is 38.9 Å². The van der Waals surface area contributed by atoms with Crippen LogP contribution in [0.25, 0.3) is 0 Å². The van der Waals surface area contributed by atoms with Gasteiger partial charge in [0.1, 0.15) is 17.5 Å². The molecule has 0 aliphatic heterocycles. The average molecular weight is 413 g/mol. The first-order valence-electron chi connectivity index (χ1n) is 7.95. The highest BCUT2D eigenvalue weighted by molar-refractivity contribution is 7.92. The van der Waals surface area contributed by atoms with Crippen LogP contribution in [0, 0.1) is 0 Å². The molecule has 0 unspecified atom stereocenters. The minimum Gasteiger partial charge on any atom is -0.497 e. The summed E-state index contributed by atoms with van der Waals surface area (Å²) in [4.78, 5) is 12.7. The van der Waals surface area contributed by atoms with E-state index in [9.17, 15) is 13.2 Å². The van der Waals surface area contributed by atoms with Crippen LogP contribution in [0.4, 0.5) is 11.4 Å². The molecular weight excluding hydrogens is 392 g/mol. The van der Waals surface area contributed by atoms with Gasteiger partial charge in [-0.1, -0.05) is 17.7 Å². The molecule has 0 heterocycles. The highest BCUT2D eigenvalue weighted by atomic mass is 35.5. The van der Waals surface area contributed by atoms with Crippen molar-refractivity contribution in [3.05, 3.63) is 47.5 Å². The van der Waals surface area contributed by atoms with E-state index in [1.54, 1.807) is 30.3 Å². The largest absolute Gasteiger partial charge is 0.497 e. The molecule has 2 aromatic rings. The van der Waals surface area contributed by atoms with Crippen LogP contribution in [0.2, 0.25) is 5.02 Å². The number of halogens is 1. The van der Waals surface area contributed by atoms with E-state index in [2.05, 4.69) is 5.32 Å². The predicted octanol–water partition coefficient (Wildman–Crippen LogP) is 3.15. The van der Waals surface area contributed by atoms with E-state index in [-0.39, 0.29) is 10.7 Å². The smallest absolute Gasteiger partial charge is 0.247 e. The molecule has 1 atom stereocenters. The van der Waals surface area contributed by atoms with Crippen molar-refractivity contribution in [2.45, 2.75) is 13.0 Å². The van der Waals surface area contributed by atoms with Crippen molar-refractivity contribution in [3.8, 4) is 11.5 Å². The standard InChI is InChI=1S/C18H21ClN2O5S/c1-12(18(22)20-13-6-5-7-15(10-13)25-2)21(27(4,23)24)14-8-9-17(26-3)16(19)11-14/h5-12H,1-4H3,(H,20,22)/t12-/m0/s1. The molecule has 7 nitrogen and oxygen atoms in total. The SMILES string of the molecule is COc1cccc(NC(=O)[C@H](C)N(c2ccc(OC)c(Cl)c2)S(C)(=O)=O)c1. The fraction of sp³-hybridized carbons (Fsp3) is 0.278. The second-order valence-electron chi connectivity index (χ2n) is 5.77. The molecule has 0 fully saturated rings. The molecule has 0 saturated carbocycles. The van der Waals surface area contributed by atoms with Gasteiger partial charge >= 0.3 is 0 Å². The van der Waals surface area contributed by atoms with Crippen molar-refractivity contribution in [3.63, 3.8) is 0 Å². The first-order chi connectivity index (χ1) is 12.7. The van der Waals surface area contributed by atoms with Crippen LogP contribution in [0.5, 0.6) is 11.5 Å². The molecule has 9 heteroatoms. The normalized spacial score (nSPS) is 12.2. The lowest BCUT2D eigenvalue weighted by molar-refractivity contribution is -0.116. The minimum atomic E-state index is -3.76. The molecule has 146 valence electrons. The number of hydrogen-bond acceptors (Lipinski definition) is 5. The molecule has 0 aromatic heterocycles. The van der Waals surface area contributed by atoms with Crippen molar-refractivity contribution < 1.29 is 22.7 Å². The maximum absolute atomic E-state index is 12.7. The molecule has 0 spiro atoms. The number of rotatable bonds is 7. The van der Waals surface area contributed by atoms with Crippen LogP contribution in [0.3, 0.4) is 0 Å². The second-order valence-corrected chi connectivity index (χ2v) is 8.04. The topological polar surface area (TPSA) is 84.9 Å². The third-order valence-electron chi connectivity index (χ3n) is 3.82.